The van der Waals surface area contributed by atoms with Gasteiger partial charge in [-0.15, -0.1) is 0 Å². The van der Waals surface area contributed by atoms with E-state index in [0.717, 1.165) is 11.5 Å². The molecule has 1 heterocycles. The number of benzene rings is 1. The van der Waals surface area contributed by atoms with Crippen LogP contribution in [0.25, 0.3) is 0 Å². The maximum atomic E-state index is 12.0. The predicted octanol–water partition coefficient (Wildman–Crippen LogP) is 2.22. The maximum absolute atomic E-state index is 12.0. The molecular formula is C19H24N2O5. The van der Waals surface area contributed by atoms with Crippen molar-refractivity contribution in [2.45, 2.75) is 20.3 Å². The van der Waals surface area contributed by atoms with E-state index in [9.17, 15) is 9.59 Å². The Kier molecular flexibility index (Phi) is 7.08. The van der Waals surface area contributed by atoms with Gasteiger partial charge < -0.3 is 24.5 Å². The SMILES string of the molecule is COc1ccc(OCCCNC(=O)CNC(=O)c2cc(C)oc2C)cc1. The van der Waals surface area contributed by atoms with Crippen LogP contribution in [0.1, 0.15) is 28.3 Å². The van der Waals surface area contributed by atoms with Gasteiger partial charge in [0.25, 0.3) is 5.91 Å². The number of hydrogen-bond donors (Lipinski definition) is 2. The van der Waals surface area contributed by atoms with Gasteiger partial charge in [0.2, 0.25) is 5.91 Å². The minimum Gasteiger partial charge on any atom is -0.497 e. The lowest BCUT2D eigenvalue weighted by molar-refractivity contribution is -0.120. The minimum absolute atomic E-state index is 0.0815. The highest BCUT2D eigenvalue weighted by Crippen LogP contribution is 2.17. The Bertz CT molecular complexity index is 737. The molecule has 0 aliphatic rings. The maximum Gasteiger partial charge on any atom is 0.255 e. The second-order valence-electron chi connectivity index (χ2n) is 5.74. The zero-order valence-corrected chi connectivity index (χ0v) is 15.3. The van der Waals surface area contributed by atoms with Gasteiger partial charge in [-0.25, -0.2) is 0 Å². The van der Waals surface area contributed by atoms with E-state index in [-0.39, 0.29) is 18.4 Å². The zero-order valence-electron chi connectivity index (χ0n) is 15.3. The average Bonchev–Trinajstić information content (AvgIpc) is 2.98. The summed E-state index contributed by atoms with van der Waals surface area (Å²) in [6, 6.07) is 8.95. The highest BCUT2D eigenvalue weighted by molar-refractivity contribution is 5.97. The van der Waals surface area contributed by atoms with Gasteiger partial charge in [-0.1, -0.05) is 0 Å². The zero-order chi connectivity index (χ0) is 18.9. The molecule has 0 fully saturated rings. The van der Waals surface area contributed by atoms with Crippen molar-refractivity contribution in [3.05, 3.63) is 47.4 Å². The Hall–Kier alpha value is -2.96. The molecular weight excluding hydrogens is 336 g/mol. The molecule has 0 aliphatic heterocycles. The second-order valence-corrected chi connectivity index (χ2v) is 5.74. The minimum atomic E-state index is -0.322. The van der Waals surface area contributed by atoms with E-state index in [4.69, 9.17) is 13.9 Å². The molecule has 2 amide bonds. The number of rotatable bonds is 9. The monoisotopic (exact) mass is 360 g/mol. The first-order valence-electron chi connectivity index (χ1n) is 8.38. The second kappa shape index (κ2) is 9.50. The van der Waals surface area contributed by atoms with Crippen molar-refractivity contribution in [3.8, 4) is 11.5 Å². The van der Waals surface area contributed by atoms with E-state index in [1.807, 2.05) is 24.3 Å². The van der Waals surface area contributed by atoms with Gasteiger partial charge in [0.1, 0.15) is 23.0 Å². The number of furan rings is 1. The predicted molar refractivity (Wildman–Crippen MR) is 96.6 cm³/mol. The van der Waals surface area contributed by atoms with Crippen LogP contribution in [-0.4, -0.2) is 38.6 Å². The number of methoxy groups -OCH3 is 1. The number of aryl methyl sites for hydroxylation is 2. The summed E-state index contributed by atoms with van der Waals surface area (Å²) in [5.74, 6) is 2.14. The van der Waals surface area contributed by atoms with Crippen LogP contribution in [0.4, 0.5) is 0 Å². The van der Waals surface area contributed by atoms with E-state index in [2.05, 4.69) is 10.6 Å². The fraction of sp³-hybridized carbons (Fsp3) is 0.368. The summed E-state index contributed by atoms with van der Waals surface area (Å²) in [4.78, 5) is 23.8. The fourth-order valence-corrected chi connectivity index (χ4v) is 2.34. The Morgan fingerprint density at radius 3 is 2.38 bits per heavy atom. The molecule has 26 heavy (non-hydrogen) atoms. The van der Waals surface area contributed by atoms with Crippen molar-refractivity contribution < 1.29 is 23.5 Å². The smallest absolute Gasteiger partial charge is 0.255 e. The van der Waals surface area contributed by atoms with Crippen LogP contribution < -0.4 is 20.1 Å². The summed E-state index contributed by atoms with van der Waals surface area (Å²) < 4.78 is 15.9. The molecule has 0 saturated heterocycles. The van der Waals surface area contributed by atoms with Gasteiger partial charge in [0.05, 0.1) is 25.8 Å². The Balaban J connectivity index is 1.60. The third-order valence-corrected chi connectivity index (χ3v) is 3.67. The van der Waals surface area contributed by atoms with Crippen LogP contribution in [0.2, 0.25) is 0 Å². The van der Waals surface area contributed by atoms with Crippen LogP contribution in [-0.2, 0) is 4.79 Å². The Labute approximate surface area is 152 Å². The molecule has 0 atom stereocenters. The molecule has 0 radical (unpaired) electrons. The normalized spacial score (nSPS) is 10.3. The topological polar surface area (TPSA) is 89.8 Å². The van der Waals surface area contributed by atoms with Gasteiger partial charge in [-0.05, 0) is 50.6 Å². The van der Waals surface area contributed by atoms with Crippen LogP contribution in [0.3, 0.4) is 0 Å². The summed E-state index contributed by atoms with van der Waals surface area (Å²) in [6.07, 6.45) is 0.658. The Morgan fingerprint density at radius 1 is 1.08 bits per heavy atom. The summed E-state index contributed by atoms with van der Waals surface area (Å²) in [7, 11) is 1.61. The highest BCUT2D eigenvalue weighted by Gasteiger charge is 2.14. The van der Waals surface area contributed by atoms with E-state index in [1.165, 1.54) is 0 Å². The summed E-state index contributed by atoms with van der Waals surface area (Å²) >= 11 is 0. The van der Waals surface area contributed by atoms with Gasteiger partial charge in [-0.3, -0.25) is 9.59 Å². The molecule has 1 aromatic carbocycles. The first-order chi connectivity index (χ1) is 12.5. The summed E-state index contributed by atoms with van der Waals surface area (Å²) in [5.41, 5.74) is 0.447. The number of hydrogen-bond acceptors (Lipinski definition) is 5. The first kappa shape index (κ1) is 19.4. The largest absolute Gasteiger partial charge is 0.497 e. The number of ether oxygens (including phenoxy) is 2. The van der Waals surface area contributed by atoms with Gasteiger partial charge in [0.15, 0.2) is 0 Å². The molecule has 0 spiro atoms. The Morgan fingerprint density at radius 2 is 1.77 bits per heavy atom. The standard InChI is InChI=1S/C19H24N2O5/c1-13-11-17(14(2)26-13)19(23)21-12-18(22)20-9-4-10-25-16-7-5-15(24-3)6-8-16/h5-8,11H,4,9-10,12H2,1-3H3,(H,20,22)(H,21,23). The molecule has 0 aliphatic carbocycles. The molecule has 2 aromatic rings. The van der Waals surface area contributed by atoms with Gasteiger partial charge >= 0.3 is 0 Å². The van der Waals surface area contributed by atoms with E-state index in [1.54, 1.807) is 27.0 Å². The quantitative estimate of drug-likeness (QED) is 0.669. The number of carbonyl (C=O) groups excluding carboxylic acids is 2. The number of carbonyl (C=O) groups is 2. The molecule has 0 unspecified atom stereocenters. The molecule has 2 N–H and O–H groups in total. The molecule has 0 bridgehead atoms. The van der Waals surface area contributed by atoms with E-state index in [0.29, 0.717) is 36.7 Å². The first-order valence-corrected chi connectivity index (χ1v) is 8.38. The van der Waals surface area contributed by atoms with Crippen molar-refractivity contribution in [1.82, 2.24) is 10.6 Å². The highest BCUT2D eigenvalue weighted by atomic mass is 16.5. The van der Waals surface area contributed by atoms with Crippen LogP contribution in [0.5, 0.6) is 11.5 Å². The van der Waals surface area contributed by atoms with Crippen molar-refractivity contribution in [3.63, 3.8) is 0 Å². The third kappa shape index (κ3) is 5.84. The van der Waals surface area contributed by atoms with Crippen LogP contribution in [0, 0.1) is 13.8 Å². The fourth-order valence-electron chi connectivity index (χ4n) is 2.34. The van der Waals surface area contributed by atoms with E-state index < -0.39 is 0 Å². The molecule has 0 saturated carbocycles. The van der Waals surface area contributed by atoms with Crippen molar-refractivity contribution >= 4 is 11.8 Å². The van der Waals surface area contributed by atoms with Crippen molar-refractivity contribution in [2.75, 3.05) is 26.8 Å². The van der Waals surface area contributed by atoms with Gasteiger partial charge in [0, 0.05) is 6.54 Å². The molecule has 1 aromatic heterocycles. The lowest BCUT2D eigenvalue weighted by atomic mass is 10.2. The molecule has 2 rings (SSSR count). The third-order valence-electron chi connectivity index (χ3n) is 3.67. The van der Waals surface area contributed by atoms with Crippen LogP contribution >= 0.6 is 0 Å². The summed E-state index contributed by atoms with van der Waals surface area (Å²) in [5, 5.41) is 5.31. The lowest BCUT2D eigenvalue weighted by Crippen LogP contribution is -2.37. The van der Waals surface area contributed by atoms with E-state index >= 15 is 0 Å². The average molecular weight is 360 g/mol. The lowest BCUT2D eigenvalue weighted by Gasteiger charge is -2.08. The number of nitrogens with one attached hydrogen (secondary N) is 2. The molecule has 7 nitrogen and oxygen atoms in total. The van der Waals surface area contributed by atoms with Crippen LogP contribution in [0.15, 0.2) is 34.7 Å². The molecule has 7 heteroatoms. The van der Waals surface area contributed by atoms with Gasteiger partial charge in [-0.2, -0.15) is 0 Å². The van der Waals surface area contributed by atoms with Crippen molar-refractivity contribution in [1.29, 1.82) is 0 Å². The van der Waals surface area contributed by atoms with Crippen molar-refractivity contribution in [2.24, 2.45) is 0 Å². The summed E-state index contributed by atoms with van der Waals surface area (Å²) in [6.45, 7) is 4.35. The molecule has 140 valence electrons. The number of amides is 2.